The van der Waals surface area contributed by atoms with Crippen molar-refractivity contribution >= 4 is 12.1 Å². The van der Waals surface area contributed by atoms with Crippen LogP contribution in [0.4, 0.5) is 4.79 Å². The molecule has 20 heavy (non-hydrogen) atoms. The predicted octanol–water partition coefficient (Wildman–Crippen LogP) is 2.74. The molecular formula is C14H25FeNO4. The summed E-state index contributed by atoms with van der Waals surface area (Å²) in [6, 6.07) is 0. The molecular weight excluding hydrogens is 302 g/mol. The van der Waals surface area contributed by atoms with E-state index in [0.29, 0.717) is 13.0 Å². The fraction of sp³-hybridized carbons (Fsp3) is 0.857. The maximum Gasteiger partial charge on any atom is 0.410 e. The second-order valence-corrected chi connectivity index (χ2v) is 6.35. The number of aliphatic carboxylic acids is 1. The number of hydrogen-bond acceptors (Lipinski definition) is 3. The van der Waals surface area contributed by atoms with E-state index >= 15 is 0 Å². The Kier molecular flexibility index (Phi) is 7.60. The zero-order chi connectivity index (χ0) is 14.6. The molecule has 5 nitrogen and oxygen atoms in total. The summed E-state index contributed by atoms with van der Waals surface area (Å²) in [6.45, 7) is 5.91. The normalized spacial score (nSPS) is 22.6. The summed E-state index contributed by atoms with van der Waals surface area (Å²) in [7, 11) is 1.67. The Balaban J connectivity index is 0.00000361. The summed E-state index contributed by atoms with van der Waals surface area (Å²) >= 11 is 0. The molecule has 1 fully saturated rings. The van der Waals surface area contributed by atoms with Crippen molar-refractivity contribution in [2.75, 3.05) is 13.6 Å². The number of carboxylic acids is 1. The predicted molar refractivity (Wildman–Crippen MR) is 71.9 cm³/mol. The Morgan fingerprint density at radius 2 is 1.80 bits per heavy atom. The van der Waals surface area contributed by atoms with Crippen LogP contribution in [0.3, 0.4) is 0 Å². The van der Waals surface area contributed by atoms with Crippen molar-refractivity contribution in [3.8, 4) is 0 Å². The Morgan fingerprint density at radius 1 is 1.25 bits per heavy atom. The Labute approximate surface area is 131 Å². The minimum absolute atomic E-state index is 0. The summed E-state index contributed by atoms with van der Waals surface area (Å²) < 4.78 is 5.28. The van der Waals surface area contributed by atoms with Gasteiger partial charge in [0.15, 0.2) is 0 Å². The van der Waals surface area contributed by atoms with Crippen molar-refractivity contribution in [3.63, 3.8) is 0 Å². The standard InChI is InChI=1S/C14H25NO4.Fe/c1-14(2,3)19-13(18)15(4)9-10-7-5-6-8-11(10)12(16)17;/h10-11H,5-9H2,1-4H3,(H,16,17);. The minimum atomic E-state index is -0.748. The van der Waals surface area contributed by atoms with Gasteiger partial charge in [-0.1, -0.05) is 12.8 Å². The molecule has 0 saturated heterocycles. The van der Waals surface area contributed by atoms with Gasteiger partial charge in [-0.15, -0.1) is 0 Å². The largest absolute Gasteiger partial charge is 0.481 e. The number of nitrogens with zero attached hydrogens (tertiary/aromatic N) is 1. The Bertz CT molecular complexity index is 341. The molecule has 118 valence electrons. The quantitative estimate of drug-likeness (QED) is 0.810. The Hall–Kier alpha value is -0.741. The van der Waals surface area contributed by atoms with Crippen LogP contribution in [0.2, 0.25) is 0 Å². The molecule has 0 bridgehead atoms. The van der Waals surface area contributed by atoms with E-state index in [0.717, 1.165) is 19.3 Å². The fourth-order valence-electron chi connectivity index (χ4n) is 2.52. The van der Waals surface area contributed by atoms with E-state index in [2.05, 4.69) is 0 Å². The molecule has 1 aliphatic carbocycles. The first-order valence-electron chi connectivity index (χ1n) is 6.87. The van der Waals surface area contributed by atoms with Crippen LogP contribution in [0.5, 0.6) is 0 Å². The summed E-state index contributed by atoms with van der Waals surface area (Å²) in [5, 5.41) is 9.21. The first kappa shape index (κ1) is 19.3. The van der Waals surface area contributed by atoms with Crippen LogP contribution in [0, 0.1) is 11.8 Å². The van der Waals surface area contributed by atoms with Crippen molar-refractivity contribution < 1.29 is 36.5 Å². The van der Waals surface area contributed by atoms with Crippen molar-refractivity contribution in [3.05, 3.63) is 0 Å². The van der Waals surface area contributed by atoms with Crippen LogP contribution < -0.4 is 0 Å². The van der Waals surface area contributed by atoms with Gasteiger partial charge < -0.3 is 14.7 Å². The van der Waals surface area contributed by atoms with E-state index in [1.807, 2.05) is 20.8 Å². The molecule has 2 atom stereocenters. The first-order chi connectivity index (χ1) is 8.70. The maximum atomic E-state index is 11.9. The molecule has 2 unspecified atom stereocenters. The van der Waals surface area contributed by atoms with Crippen LogP contribution in [0.25, 0.3) is 0 Å². The van der Waals surface area contributed by atoms with Gasteiger partial charge in [-0.25, -0.2) is 4.79 Å². The van der Waals surface area contributed by atoms with Gasteiger partial charge in [-0.3, -0.25) is 4.79 Å². The average Bonchev–Trinajstić information content (AvgIpc) is 2.27. The van der Waals surface area contributed by atoms with E-state index in [1.165, 1.54) is 4.90 Å². The van der Waals surface area contributed by atoms with Crippen molar-refractivity contribution in [1.29, 1.82) is 0 Å². The Morgan fingerprint density at radius 3 is 2.30 bits per heavy atom. The van der Waals surface area contributed by atoms with Gasteiger partial charge in [0.1, 0.15) is 5.60 Å². The van der Waals surface area contributed by atoms with Gasteiger partial charge in [0.05, 0.1) is 5.92 Å². The number of carboxylic acid groups (broad SMARTS) is 1. The second-order valence-electron chi connectivity index (χ2n) is 6.35. The molecule has 0 aliphatic heterocycles. The van der Waals surface area contributed by atoms with Gasteiger partial charge in [0, 0.05) is 30.7 Å². The van der Waals surface area contributed by atoms with Crippen LogP contribution in [-0.4, -0.2) is 41.3 Å². The van der Waals surface area contributed by atoms with Gasteiger partial charge in [-0.05, 0) is 39.5 Å². The topological polar surface area (TPSA) is 66.8 Å². The van der Waals surface area contributed by atoms with Crippen LogP contribution in [-0.2, 0) is 26.6 Å². The number of carbonyl (C=O) groups is 2. The molecule has 0 aromatic carbocycles. The SMILES string of the molecule is CN(CC1CCCCC1C(=O)O)C(=O)OC(C)(C)C.[Fe]. The molecule has 1 amide bonds. The van der Waals surface area contributed by atoms with Gasteiger partial charge >= 0.3 is 12.1 Å². The van der Waals surface area contributed by atoms with E-state index in [1.54, 1.807) is 7.05 Å². The van der Waals surface area contributed by atoms with Crippen LogP contribution in [0.1, 0.15) is 46.5 Å². The first-order valence-corrected chi connectivity index (χ1v) is 6.87. The van der Waals surface area contributed by atoms with Gasteiger partial charge in [0.2, 0.25) is 0 Å². The van der Waals surface area contributed by atoms with Crippen LogP contribution >= 0.6 is 0 Å². The summed E-state index contributed by atoms with van der Waals surface area (Å²) in [6.07, 6.45) is 3.19. The van der Waals surface area contributed by atoms with E-state index < -0.39 is 11.6 Å². The number of carbonyl (C=O) groups excluding carboxylic acids is 1. The molecule has 0 aromatic rings. The summed E-state index contributed by atoms with van der Waals surface area (Å²) in [5.41, 5.74) is -0.524. The smallest absolute Gasteiger partial charge is 0.410 e. The summed E-state index contributed by atoms with van der Waals surface area (Å²) in [5.74, 6) is -1.05. The van der Waals surface area contributed by atoms with Gasteiger partial charge in [-0.2, -0.15) is 0 Å². The minimum Gasteiger partial charge on any atom is -0.481 e. The molecule has 1 N–H and O–H groups in total. The van der Waals surface area contributed by atoms with E-state index in [-0.39, 0.29) is 35.0 Å². The summed E-state index contributed by atoms with van der Waals surface area (Å²) in [4.78, 5) is 24.6. The van der Waals surface area contributed by atoms with Crippen molar-refractivity contribution in [1.82, 2.24) is 4.90 Å². The molecule has 0 radical (unpaired) electrons. The molecule has 1 saturated carbocycles. The molecule has 1 rings (SSSR count). The van der Waals surface area contributed by atoms with E-state index in [9.17, 15) is 14.7 Å². The third kappa shape index (κ3) is 6.14. The molecule has 6 heteroatoms. The van der Waals surface area contributed by atoms with E-state index in [4.69, 9.17) is 4.74 Å². The number of amides is 1. The second kappa shape index (κ2) is 7.89. The van der Waals surface area contributed by atoms with Crippen molar-refractivity contribution in [2.24, 2.45) is 11.8 Å². The molecule has 0 aromatic heterocycles. The monoisotopic (exact) mass is 327 g/mol. The number of rotatable bonds is 3. The number of hydrogen-bond donors (Lipinski definition) is 1. The zero-order valence-electron chi connectivity index (χ0n) is 12.7. The van der Waals surface area contributed by atoms with Crippen molar-refractivity contribution in [2.45, 2.75) is 52.1 Å². The average molecular weight is 327 g/mol. The third-order valence-electron chi connectivity index (χ3n) is 3.44. The third-order valence-corrected chi connectivity index (χ3v) is 3.44. The molecule has 1 aliphatic rings. The molecule has 0 spiro atoms. The maximum absolute atomic E-state index is 11.9. The fourth-order valence-corrected chi connectivity index (χ4v) is 2.52. The zero-order valence-corrected chi connectivity index (χ0v) is 13.8. The van der Waals surface area contributed by atoms with Gasteiger partial charge in [0.25, 0.3) is 0 Å². The number of ether oxygens (including phenoxy) is 1. The molecule has 0 heterocycles. The van der Waals surface area contributed by atoms with Crippen LogP contribution in [0.15, 0.2) is 0 Å².